The van der Waals surface area contributed by atoms with Crippen LogP contribution in [0.3, 0.4) is 0 Å². The maximum Gasteiger partial charge on any atom is 0.387 e. The molecule has 0 saturated heterocycles. The molecule has 0 spiro atoms. The van der Waals surface area contributed by atoms with E-state index in [9.17, 15) is 18.4 Å². The van der Waals surface area contributed by atoms with Gasteiger partial charge in [0.1, 0.15) is 11.8 Å². The SMILES string of the molecule is CC(C(=O)Nc1ccc(OC(F)F)cc1)n1cc(C(=O)O)cn1. The van der Waals surface area contributed by atoms with Crippen LogP contribution in [0.4, 0.5) is 14.5 Å². The molecule has 2 aromatic rings. The second-order valence-corrected chi connectivity index (χ2v) is 4.58. The van der Waals surface area contributed by atoms with Crippen molar-refractivity contribution in [2.24, 2.45) is 0 Å². The zero-order valence-corrected chi connectivity index (χ0v) is 11.9. The van der Waals surface area contributed by atoms with Crippen molar-refractivity contribution in [3.8, 4) is 5.75 Å². The van der Waals surface area contributed by atoms with Crippen LogP contribution in [0, 0.1) is 0 Å². The van der Waals surface area contributed by atoms with E-state index in [0.717, 1.165) is 6.20 Å². The van der Waals surface area contributed by atoms with Crippen molar-refractivity contribution in [3.05, 3.63) is 42.2 Å². The summed E-state index contributed by atoms with van der Waals surface area (Å²) in [4.78, 5) is 22.9. The number of anilines is 1. The molecule has 1 atom stereocenters. The number of carboxylic acid groups (broad SMARTS) is 1. The van der Waals surface area contributed by atoms with E-state index in [-0.39, 0.29) is 11.3 Å². The summed E-state index contributed by atoms with van der Waals surface area (Å²) in [5.41, 5.74) is 0.354. The van der Waals surface area contributed by atoms with E-state index in [0.29, 0.717) is 5.69 Å². The summed E-state index contributed by atoms with van der Waals surface area (Å²) in [6.07, 6.45) is 2.38. The molecule has 122 valence electrons. The van der Waals surface area contributed by atoms with Gasteiger partial charge in [-0.1, -0.05) is 0 Å². The molecule has 0 aliphatic rings. The number of hydrogen-bond acceptors (Lipinski definition) is 4. The van der Waals surface area contributed by atoms with E-state index in [1.807, 2.05) is 0 Å². The molecule has 7 nitrogen and oxygen atoms in total. The van der Waals surface area contributed by atoms with E-state index >= 15 is 0 Å². The number of alkyl halides is 2. The Bertz CT molecular complexity index is 700. The van der Waals surface area contributed by atoms with Gasteiger partial charge in [-0.05, 0) is 31.2 Å². The van der Waals surface area contributed by atoms with Crippen LogP contribution in [0.15, 0.2) is 36.7 Å². The van der Waals surface area contributed by atoms with Crippen molar-refractivity contribution in [3.63, 3.8) is 0 Å². The van der Waals surface area contributed by atoms with Crippen molar-refractivity contribution in [2.45, 2.75) is 19.6 Å². The molecule has 1 unspecified atom stereocenters. The predicted molar refractivity (Wildman–Crippen MR) is 75.6 cm³/mol. The molecule has 1 amide bonds. The molecular formula is C14H13F2N3O4. The molecule has 1 aromatic carbocycles. The molecule has 0 saturated carbocycles. The van der Waals surface area contributed by atoms with Gasteiger partial charge in [0.2, 0.25) is 5.91 Å². The fraction of sp³-hybridized carbons (Fsp3) is 0.214. The number of nitrogens with zero attached hydrogens (tertiary/aromatic N) is 2. The highest BCUT2D eigenvalue weighted by Crippen LogP contribution is 2.19. The lowest BCUT2D eigenvalue weighted by atomic mass is 10.2. The summed E-state index contributed by atoms with van der Waals surface area (Å²) >= 11 is 0. The topological polar surface area (TPSA) is 93.5 Å². The molecule has 2 rings (SSSR count). The Labute approximate surface area is 129 Å². The summed E-state index contributed by atoms with van der Waals surface area (Å²) in [5.74, 6) is -1.60. The maximum atomic E-state index is 12.1. The lowest BCUT2D eigenvalue weighted by Crippen LogP contribution is -2.24. The number of aromatic nitrogens is 2. The Morgan fingerprint density at radius 3 is 2.48 bits per heavy atom. The van der Waals surface area contributed by atoms with Crippen LogP contribution in [0.2, 0.25) is 0 Å². The average molecular weight is 325 g/mol. The van der Waals surface area contributed by atoms with E-state index in [1.165, 1.54) is 35.1 Å². The minimum Gasteiger partial charge on any atom is -0.478 e. The van der Waals surface area contributed by atoms with Gasteiger partial charge in [0.25, 0.3) is 0 Å². The third-order valence-corrected chi connectivity index (χ3v) is 2.97. The highest BCUT2D eigenvalue weighted by molar-refractivity contribution is 5.93. The monoisotopic (exact) mass is 325 g/mol. The van der Waals surface area contributed by atoms with E-state index in [2.05, 4.69) is 15.2 Å². The largest absolute Gasteiger partial charge is 0.478 e. The molecule has 0 aliphatic carbocycles. The standard InChI is InChI=1S/C14H13F2N3O4/c1-8(19-7-9(6-17-19)13(21)22)12(20)18-10-2-4-11(5-3-10)23-14(15)16/h2-8,14H,1H3,(H,18,20)(H,21,22). The van der Waals surface area contributed by atoms with Crippen molar-refractivity contribution in [2.75, 3.05) is 5.32 Å². The normalized spacial score (nSPS) is 12.0. The lowest BCUT2D eigenvalue weighted by Gasteiger charge is -2.13. The van der Waals surface area contributed by atoms with E-state index in [4.69, 9.17) is 5.11 Å². The van der Waals surface area contributed by atoms with Crippen molar-refractivity contribution in [1.82, 2.24) is 9.78 Å². The Morgan fingerprint density at radius 2 is 1.96 bits per heavy atom. The van der Waals surface area contributed by atoms with Crippen molar-refractivity contribution in [1.29, 1.82) is 0 Å². The molecule has 1 heterocycles. The molecule has 0 radical (unpaired) electrons. The number of carbonyl (C=O) groups excluding carboxylic acids is 1. The number of rotatable bonds is 6. The summed E-state index contributed by atoms with van der Waals surface area (Å²) < 4.78 is 29.5. The van der Waals surface area contributed by atoms with E-state index in [1.54, 1.807) is 6.92 Å². The number of halogens is 2. The molecule has 2 N–H and O–H groups in total. The zero-order chi connectivity index (χ0) is 17.0. The number of hydrogen-bond donors (Lipinski definition) is 2. The Balaban J connectivity index is 2.01. The van der Waals surface area contributed by atoms with Crippen molar-refractivity contribution < 1.29 is 28.2 Å². The fourth-order valence-electron chi connectivity index (χ4n) is 1.75. The third kappa shape index (κ3) is 4.25. The molecule has 1 aromatic heterocycles. The Kier molecular flexibility index (Phi) is 4.89. The number of amides is 1. The highest BCUT2D eigenvalue weighted by Gasteiger charge is 2.17. The quantitative estimate of drug-likeness (QED) is 0.850. The zero-order valence-electron chi connectivity index (χ0n) is 11.9. The first kappa shape index (κ1) is 16.4. The van der Waals surface area contributed by atoms with Crippen LogP contribution in [0.1, 0.15) is 23.3 Å². The maximum absolute atomic E-state index is 12.1. The molecule has 0 aliphatic heterocycles. The van der Waals surface area contributed by atoms with Gasteiger partial charge in [-0.25, -0.2) is 4.79 Å². The number of carbonyl (C=O) groups is 2. The van der Waals surface area contributed by atoms with Gasteiger partial charge in [0.15, 0.2) is 0 Å². The number of nitrogens with one attached hydrogen (secondary N) is 1. The second-order valence-electron chi connectivity index (χ2n) is 4.58. The Morgan fingerprint density at radius 1 is 1.30 bits per heavy atom. The third-order valence-electron chi connectivity index (χ3n) is 2.97. The summed E-state index contributed by atoms with van der Waals surface area (Å²) in [7, 11) is 0. The molecular weight excluding hydrogens is 312 g/mol. The summed E-state index contributed by atoms with van der Waals surface area (Å²) in [6.45, 7) is -1.37. The van der Waals surface area contributed by atoms with Crippen LogP contribution < -0.4 is 10.1 Å². The summed E-state index contributed by atoms with van der Waals surface area (Å²) in [5, 5.41) is 15.2. The average Bonchev–Trinajstić information content (AvgIpc) is 2.98. The minimum absolute atomic E-state index is 0.0239. The van der Waals surface area contributed by atoms with Crippen LogP contribution in [0.5, 0.6) is 5.75 Å². The van der Waals surface area contributed by atoms with Crippen molar-refractivity contribution >= 4 is 17.6 Å². The molecule has 9 heteroatoms. The lowest BCUT2D eigenvalue weighted by molar-refractivity contribution is -0.119. The van der Waals surface area contributed by atoms with E-state index < -0.39 is 24.5 Å². The first-order chi connectivity index (χ1) is 10.9. The number of carboxylic acids is 1. The Hall–Kier alpha value is -2.97. The first-order valence-electron chi connectivity index (χ1n) is 6.50. The van der Waals surface area contributed by atoms with Crippen LogP contribution in [0.25, 0.3) is 0 Å². The van der Waals surface area contributed by atoms with Crippen LogP contribution in [-0.2, 0) is 4.79 Å². The van der Waals surface area contributed by atoms with Gasteiger partial charge in [0.05, 0.1) is 11.8 Å². The minimum atomic E-state index is -2.92. The molecule has 0 fully saturated rings. The summed E-state index contributed by atoms with van der Waals surface area (Å²) in [6, 6.07) is 4.66. The van der Waals surface area contributed by atoms with Gasteiger partial charge >= 0.3 is 12.6 Å². The predicted octanol–water partition coefficient (Wildman–Crippen LogP) is 2.38. The van der Waals surface area contributed by atoms with Crippen LogP contribution >= 0.6 is 0 Å². The molecule has 0 bridgehead atoms. The van der Waals surface area contributed by atoms with Gasteiger partial charge in [-0.2, -0.15) is 13.9 Å². The van der Waals surface area contributed by atoms with Gasteiger partial charge in [-0.3, -0.25) is 9.48 Å². The first-order valence-corrected chi connectivity index (χ1v) is 6.50. The molecule has 23 heavy (non-hydrogen) atoms. The van der Waals surface area contributed by atoms with Gasteiger partial charge < -0.3 is 15.2 Å². The van der Waals surface area contributed by atoms with Gasteiger partial charge in [-0.15, -0.1) is 0 Å². The number of ether oxygens (including phenoxy) is 1. The van der Waals surface area contributed by atoms with Gasteiger partial charge in [0, 0.05) is 11.9 Å². The number of benzene rings is 1. The fourth-order valence-corrected chi connectivity index (χ4v) is 1.75. The smallest absolute Gasteiger partial charge is 0.387 e. The number of aromatic carboxylic acids is 1. The second kappa shape index (κ2) is 6.86. The highest BCUT2D eigenvalue weighted by atomic mass is 19.3. The van der Waals surface area contributed by atoms with Crippen LogP contribution in [-0.4, -0.2) is 33.4 Å².